The molecule has 8 heteroatoms. The fourth-order valence-electron chi connectivity index (χ4n) is 3.48. The summed E-state index contributed by atoms with van der Waals surface area (Å²) in [5.41, 5.74) is 0. The van der Waals surface area contributed by atoms with Gasteiger partial charge in [-0.1, -0.05) is 0 Å². The Balaban J connectivity index is 1.54. The van der Waals surface area contributed by atoms with Gasteiger partial charge in [0.25, 0.3) is 0 Å². The summed E-state index contributed by atoms with van der Waals surface area (Å²) in [6.45, 7) is 2.66. The molecule has 1 unspecified atom stereocenters. The third-order valence-electron chi connectivity index (χ3n) is 4.69. The minimum absolute atomic E-state index is 0.000291. The zero-order valence-electron chi connectivity index (χ0n) is 12.0. The van der Waals surface area contributed by atoms with Gasteiger partial charge >= 0.3 is 6.03 Å². The second-order valence-corrected chi connectivity index (χ2v) is 8.31. The number of carbonyl (C=O) groups excluding carboxylic acids is 2. The SMILES string of the molecule is O=C(C1CCS(=O)(=O)C1)N1CCC(N2CCNC2=O)CC1. The Kier molecular flexibility index (Phi) is 3.81. The van der Waals surface area contributed by atoms with Crippen LogP contribution in [0.1, 0.15) is 19.3 Å². The quantitative estimate of drug-likeness (QED) is 0.740. The standard InChI is InChI=1S/C13H21N3O4S/c17-12(10-3-8-21(19,20)9-10)15-5-1-11(2-6-15)16-7-4-14-13(16)18/h10-11H,1-9H2,(H,14,18). The highest BCUT2D eigenvalue weighted by Crippen LogP contribution is 2.24. The van der Waals surface area contributed by atoms with Crippen LogP contribution in [0.3, 0.4) is 0 Å². The van der Waals surface area contributed by atoms with Gasteiger partial charge in [0.1, 0.15) is 0 Å². The van der Waals surface area contributed by atoms with Crippen molar-refractivity contribution in [3.63, 3.8) is 0 Å². The van der Waals surface area contributed by atoms with Gasteiger partial charge in [0.05, 0.1) is 17.4 Å². The monoisotopic (exact) mass is 315 g/mol. The Morgan fingerprint density at radius 1 is 1.14 bits per heavy atom. The zero-order chi connectivity index (χ0) is 15.0. The molecule has 1 N–H and O–H groups in total. The number of rotatable bonds is 2. The zero-order valence-corrected chi connectivity index (χ0v) is 12.8. The summed E-state index contributed by atoms with van der Waals surface area (Å²) in [5.74, 6) is -0.254. The van der Waals surface area contributed by atoms with Gasteiger partial charge in [-0.25, -0.2) is 13.2 Å². The van der Waals surface area contributed by atoms with Crippen LogP contribution < -0.4 is 5.32 Å². The van der Waals surface area contributed by atoms with E-state index in [0.717, 1.165) is 19.4 Å². The molecule has 3 aliphatic rings. The average molecular weight is 315 g/mol. The topological polar surface area (TPSA) is 86.8 Å². The van der Waals surface area contributed by atoms with Crippen LogP contribution in [-0.2, 0) is 14.6 Å². The van der Waals surface area contributed by atoms with Crippen LogP contribution in [0.15, 0.2) is 0 Å². The van der Waals surface area contributed by atoms with E-state index < -0.39 is 9.84 Å². The summed E-state index contributed by atoms with van der Waals surface area (Å²) >= 11 is 0. The number of hydrogen-bond donors (Lipinski definition) is 1. The van der Waals surface area contributed by atoms with Crippen molar-refractivity contribution in [1.82, 2.24) is 15.1 Å². The van der Waals surface area contributed by atoms with E-state index in [1.165, 1.54) is 0 Å². The van der Waals surface area contributed by atoms with Crippen molar-refractivity contribution >= 4 is 21.8 Å². The van der Waals surface area contributed by atoms with Gasteiger partial charge in [-0.3, -0.25) is 4.79 Å². The number of urea groups is 1. The minimum Gasteiger partial charge on any atom is -0.342 e. The number of hydrogen-bond acceptors (Lipinski definition) is 4. The van der Waals surface area contributed by atoms with Crippen molar-refractivity contribution in [1.29, 1.82) is 0 Å². The van der Waals surface area contributed by atoms with Crippen molar-refractivity contribution in [3.8, 4) is 0 Å². The molecule has 3 heterocycles. The molecule has 0 radical (unpaired) electrons. The van der Waals surface area contributed by atoms with Gasteiger partial charge in [-0.05, 0) is 19.3 Å². The van der Waals surface area contributed by atoms with E-state index in [4.69, 9.17) is 0 Å². The van der Waals surface area contributed by atoms with Gasteiger partial charge in [-0.2, -0.15) is 0 Å². The molecule has 21 heavy (non-hydrogen) atoms. The molecule has 0 aromatic rings. The molecule has 1 atom stereocenters. The number of nitrogens with one attached hydrogen (secondary N) is 1. The van der Waals surface area contributed by atoms with E-state index in [9.17, 15) is 18.0 Å². The van der Waals surface area contributed by atoms with Crippen LogP contribution in [0, 0.1) is 5.92 Å². The van der Waals surface area contributed by atoms with Crippen LogP contribution in [0.25, 0.3) is 0 Å². The van der Waals surface area contributed by atoms with Gasteiger partial charge in [-0.15, -0.1) is 0 Å². The summed E-state index contributed by atoms with van der Waals surface area (Å²) in [6.07, 6.45) is 2.01. The Morgan fingerprint density at radius 2 is 1.86 bits per heavy atom. The summed E-state index contributed by atoms with van der Waals surface area (Å²) < 4.78 is 22.9. The second kappa shape index (κ2) is 5.47. The molecule has 3 fully saturated rings. The van der Waals surface area contributed by atoms with Crippen LogP contribution in [0.5, 0.6) is 0 Å². The number of piperidine rings is 1. The third-order valence-corrected chi connectivity index (χ3v) is 6.46. The lowest BCUT2D eigenvalue weighted by atomic mass is 10.0. The van der Waals surface area contributed by atoms with Crippen LogP contribution in [0.4, 0.5) is 4.79 Å². The lowest BCUT2D eigenvalue weighted by molar-refractivity contribution is -0.136. The lowest BCUT2D eigenvalue weighted by Gasteiger charge is -2.37. The predicted octanol–water partition coefficient (Wildman–Crippen LogP) is -0.563. The predicted molar refractivity (Wildman–Crippen MR) is 76.5 cm³/mol. The van der Waals surface area contributed by atoms with Crippen molar-refractivity contribution in [2.45, 2.75) is 25.3 Å². The van der Waals surface area contributed by atoms with Crippen LogP contribution in [-0.4, -0.2) is 73.9 Å². The highest BCUT2D eigenvalue weighted by Gasteiger charge is 2.37. The Hall–Kier alpha value is -1.31. The summed E-state index contributed by atoms with van der Waals surface area (Å²) in [6, 6.07) is 0.186. The number of nitrogens with zero attached hydrogens (tertiary/aromatic N) is 2. The normalized spacial score (nSPS) is 29.7. The third kappa shape index (κ3) is 3.00. The summed E-state index contributed by atoms with van der Waals surface area (Å²) in [5, 5.41) is 2.79. The van der Waals surface area contributed by atoms with E-state index in [1.54, 1.807) is 4.90 Å². The highest BCUT2D eigenvalue weighted by molar-refractivity contribution is 7.91. The maximum absolute atomic E-state index is 12.3. The first-order valence-electron chi connectivity index (χ1n) is 7.50. The van der Waals surface area contributed by atoms with Gasteiger partial charge < -0.3 is 15.1 Å². The van der Waals surface area contributed by atoms with Crippen LogP contribution in [0.2, 0.25) is 0 Å². The molecule has 0 saturated carbocycles. The first-order chi connectivity index (χ1) is 9.96. The molecule has 0 spiro atoms. The smallest absolute Gasteiger partial charge is 0.317 e. The highest BCUT2D eigenvalue weighted by atomic mass is 32.2. The molecule has 118 valence electrons. The molecule has 3 saturated heterocycles. The van der Waals surface area contributed by atoms with Crippen LogP contribution >= 0.6 is 0 Å². The molecule has 3 amide bonds. The maximum Gasteiger partial charge on any atom is 0.317 e. The molecule has 0 aromatic carbocycles. The molecular weight excluding hydrogens is 294 g/mol. The molecule has 7 nitrogen and oxygen atoms in total. The van der Waals surface area contributed by atoms with Gasteiger partial charge in [0.2, 0.25) is 5.91 Å². The van der Waals surface area contributed by atoms with Crippen molar-refractivity contribution in [2.75, 3.05) is 37.7 Å². The minimum atomic E-state index is -3.02. The van der Waals surface area contributed by atoms with E-state index in [1.807, 2.05) is 4.90 Å². The first kappa shape index (κ1) is 14.6. The van der Waals surface area contributed by atoms with Crippen molar-refractivity contribution < 1.29 is 18.0 Å². The molecule has 0 aliphatic carbocycles. The summed E-state index contributed by atoms with van der Waals surface area (Å²) in [4.78, 5) is 27.6. The van der Waals surface area contributed by atoms with E-state index >= 15 is 0 Å². The van der Waals surface area contributed by atoms with Gasteiger partial charge in [0.15, 0.2) is 9.84 Å². The number of amides is 3. The number of sulfone groups is 1. The first-order valence-corrected chi connectivity index (χ1v) is 9.32. The summed E-state index contributed by atoms with van der Waals surface area (Å²) in [7, 11) is -3.02. The molecule has 0 aromatic heterocycles. The lowest BCUT2D eigenvalue weighted by Crippen LogP contribution is -2.49. The second-order valence-electron chi connectivity index (χ2n) is 6.08. The molecular formula is C13H21N3O4S. The Labute approximate surface area is 124 Å². The van der Waals surface area contributed by atoms with E-state index in [2.05, 4.69) is 5.32 Å². The van der Waals surface area contributed by atoms with Gasteiger partial charge in [0, 0.05) is 32.2 Å². The van der Waals surface area contributed by atoms with Crippen molar-refractivity contribution in [3.05, 3.63) is 0 Å². The fourth-order valence-corrected chi connectivity index (χ4v) is 5.21. The van der Waals surface area contributed by atoms with Crippen molar-refractivity contribution in [2.24, 2.45) is 5.92 Å². The van der Waals surface area contributed by atoms with E-state index in [-0.39, 0.29) is 35.4 Å². The largest absolute Gasteiger partial charge is 0.342 e. The number of likely N-dealkylation sites (tertiary alicyclic amines) is 1. The van der Waals surface area contributed by atoms with E-state index in [0.29, 0.717) is 26.1 Å². The Morgan fingerprint density at radius 3 is 2.38 bits per heavy atom. The molecule has 3 rings (SSSR count). The maximum atomic E-state index is 12.3. The fraction of sp³-hybridized carbons (Fsp3) is 0.846. The number of carbonyl (C=O) groups is 2. The average Bonchev–Trinajstić information content (AvgIpc) is 3.04. The Bertz CT molecular complexity index is 540. The molecule has 3 aliphatic heterocycles. The molecule has 0 bridgehead atoms.